The van der Waals surface area contributed by atoms with Crippen LogP contribution in [0, 0.1) is 18.3 Å². The van der Waals surface area contributed by atoms with Crippen molar-refractivity contribution in [2.24, 2.45) is 0 Å². The van der Waals surface area contributed by atoms with Gasteiger partial charge in [0.2, 0.25) is 0 Å². The van der Waals surface area contributed by atoms with Gasteiger partial charge < -0.3 is 10.1 Å². The molecule has 1 aromatic carbocycles. The van der Waals surface area contributed by atoms with Gasteiger partial charge in [-0.3, -0.25) is 4.79 Å². The summed E-state index contributed by atoms with van der Waals surface area (Å²) in [4.78, 5) is 12.2. The first-order chi connectivity index (χ1) is 8.45. The summed E-state index contributed by atoms with van der Waals surface area (Å²) in [5, 5.41) is 11.8. The van der Waals surface area contributed by atoms with Gasteiger partial charge in [0.25, 0.3) is 5.91 Å². The predicted octanol–water partition coefficient (Wildman–Crippen LogP) is 2.43. The molecule has 0 aliphatic carbocycles. The second kappa shape index (κ2) is 5.54. The van der Waals surface area contributed by atoms with Crippen molar-refractivity contribution in [2.45, 2.75) is 32.7 Å². The van der Waals surface area contributed by atoms with Crippen molar-refractivity contribution in [1.82, 2.24) is 5.32 Å². The zero-order valence-electron chi connectivity index (χ0n) is 11.2. The normalized spacial score (nSPS) is 13.3. The number of nitrogens with zero attached hydrogens (tertiary/aromatic N) is 1. The maximum atomic E-state index is 12.2. The maximum absolute atomic E-state index is 12.2. The van der Waals surface area contributed by atoms with Crippen LogP contribution in [0.1, 0.15) is 36.2 Å². The van der Waals surface area contributed by atoms with Gasteiger partial charge in [-0.05, 0) is 32.4 Å². The number of nitriles is 1. The third kappa shape index (κ3) is 3.01. The van der Waals surface area contributed by atoms with Gasteiger partial charge in [-0.1, -0.05) is 18.6 Å². The molecule has 4 nitrogen and oxygen atoms in total. The van der Waals surface area contributed by atoms with Gasteiger partial charge in [0.15, 0.2) is 0 Å². The number of benzene rings is 1. The molecular weight excluding hydrogens is 228 g/mol. The number of ether oxygens (including phenoxy) is 1. The van der Waals surface area contributed by atoms with Gasteiger partial charge in [0.1, 0.15) is 11.3 Å². The van der Waals surface area contributed by atoms with E-state index >= 15 is 0 Å². The third-order valence-corrected chi connectivity index (χ3v) is 2.94. The summed E-state index contributed by atoms with van der Waals surface area (Å²) < 4.78 is 5.16. The fourth-order valence-electron chi connectivity index (χ4n) is 1.51. The fraction of sp³-hybridized carbons (Fsp3) is 0.429. The van der Waals surface area contributed by atoms with E-state index in [1.165, 1.54) is 7.11 Å². The highest BCUT2D eigenvalue weighted by Gasteiger charge is 2.25. The summed E-state index contributed by atoms with van der Waals surface area (Å²) >= 11 is 0. The lowest BCUT2D eigenvalue weighted by Crippen LogP contribution is -2.44. The van der Waals surface area contributed by atoms with E-state index in [-0.39, 0.29) is 5.91 Å². The van der Waals surface area contributed by atoms with Crippen LogP contribution in [0.2, 0.25) is 0 Å². The number of carbonyl (C=O) groups excluding carboxylic acids is 1. The highest BCUT2D eigenvalue weighted by Crippen LogP contribution is 2.20. The Labute approximate surface area is 108 Å². The summed E-state index contributed by atoms with van der Waals surface area (Å²) in [6.07, 6.45) is 0.545. The lowest BCUT2D eigenvalue weighted by atomic mass is 10.00. The maximum Gasteiger partial charge on any atom is 0.256 e. The van der Waals surface area contributed by atoms with Crippen LogP contribution >= 0.6 is 0 Å². The monoisotopic (exact) mass is 246 g/mol. The Kier molecular flexibility index (Phi) is 4.33. The van der Waals surface area contributed by atoms with E-state index in [9.17, 15) is 4.79 Å². The van der Waals surface area contributed by atoms with Crippen LogP contribution in [-0.2, 0) is 0 Å². The molecule has 0 heterocycles. The number of methoxy groups -OCH3 is 1. The van der Waals surface area contributed by atoms with Gasteiger partial charge in [-0.2, -0.15) is 5.26 Å². The minimum absolute atomic E-state index is 0.290. The van der Waals surface area contributed by atoms with Crippen LogP contribution < -0.4 is 10.1 Å². The summed E-state index contributed by atoms with van der Waals surface area (Å²) in [6, 6.07) is 7.48. The van der Waals surface area contributed by atoms with E-state index in [0.717, 1.165) is 5.56 Å². The SMILES string of the molecule is CCC(C)(C#N)NC(=O)c1cc(C)ccc1OC. The molecule has 0 fully saturated rings. The van der Waals surface area contributed by atoms with Gasteiger partial charge in [0, 0.05) is 0 Å². The van der Waals surface area contributed by atoms with Crippen LogP contribution in [-0.4, -0.2) is 18.6 Å². The van der Waals surface area contributed by atoms with Crippen LogP contribution in [0.25, 0.3) is 0 Å². The number of nitrogens with one attached hydrogen (secondary N) is 1. The molecule has 1 amide bonds. The summed E-state index contributed by atoms with van der Waals surface area (Å²) in [7, 11) is 1.52. The highest BCUT2D eigenvalue weighted by atomic mass is 16.5. The molecule has 0 saturated carbocycles. The van der Waals surface area contributed by atoms with Gasteiger partial charge >= 0.3 is 0 Å². The van der Waals surface area contributed by atoms with Crippen LogP contribution in [0.3, 0.4) is 0 Å². The molecule has 96 valence electrons. The molecule has 1 rings (SSSR count). The molecule has 0 bridgehead atoms. The third-order valence-electron chi connectivity index (χ3n) is 2.94. The number of aryl methyl sites for hydroxylation is 1. The molecule has 0 spiro atoms. The molecular formula is C14H18N2O2. The van der Waals surface area contributed by atoms with E-state index in [1.54, 1.807) is 19.1 Å². The van der Waals surface area contributed by atoms with E-state index < -0.39 is 5.54 Å². The zero-order valence-corrected chi connectivity index (χ0v) is 11.2. The number of hydrogen-bond donors (Lipinski definition) is 1. The molecule has 0 radical (unpaired) electrons. The minimum atomic E-state index is -0.855. The average molecular weight is 246 g/mol. The van der Waals surface area contributed by atoms with Crippen LogP contribution in [0.5, 0.6) is 5.75 Å². The molecule has 0 aromatic heterocycles. The molecule has 1 unspecified atom stereocenters. The van der Waals surface area contributed by atoms with Crippen molar-refractivity contribution in [3.63, 3.8) is 0 Å². The smallest absolute Gasteiger partial charge is 0.256 e. The largest absolute Gasteiger partial charge is 0.496 e. The first-order valence-electron chi connectivity index (χ1n) is 5.84. The number of carbonyl (C=O) groups is 1. The molecule has 4 heteroatoms. The molecule has 18 heavy (non-hydrogen) atoms. The molecule has 0 saturated heterocycles. The molecule has 0 aliphatic heterocycles. The van der Waals surface area contributed by atoms with Crippen molar-refractivity contribution in [3.05, 3.63) is 29.3 Å². The number of rotatable bonds is 4. The van der Waals surface area contributed by atoms with Crippen molar-refractivity contribution in [1.29, 1.82) is 5.26 Å². The van der Waals surface area contributed by atoms with Crippen molar-refractivity contribution in [3.8, 4) is 11.8 Å². The van der Waals surface area contributed by atoms with Gasteiger partial charge in [0.05, 0.1) is 18.7 Å². The molecule has 0 aliphatic rings. The summed E-state index contributed by atoms with van der Waals surface area (Å²) in [5.41, 5.74) is 0.565. The quantitative estimate of drug-likeness (QED) is 0.887. The summed E-state index contributed by atoms with van der Waals surface area (Å²) in [5.74, 6) is 0.218. The van der Waals surface area contributed by atoms with Crippen molar-refractivity contribution >= 4 is 5.91 Å². The zero-order chi connectivity index (χ0) is 13.8. The van der Waals surface area contributed by atoms with Crippen LogP contribution in [0.4, 0.5) is 0 Å². The Balaban J connectivity index is 3.05. The Morgan fingerprint density at radius 3 is 2.72 bits per heavy atom. The predicted molar refractivity (Wildman–Crippen MR) is 69.5 cm³/mol. The highest BCUT2D eigenvalue weighted by molar-refractivity contribution is 5.97. The molecule has 1 atom stereocenters. The first kappa shape index (κ1) is 14.0. The lowest BCUT2D eigenvalue weighted by Gasteiger charge is -2.22. The number of amides is 1. The standard InChI is InChI=1S/C14H18N2O2/c1-5-14(3,9-15)16-13(17)11-8-10(2)6-7-12(11)18-4/h6-8H,5H2,1-4H3,(H,16,17). The van der Waals surface area contributed by atoms with Crippen LogP contribution in [0.15, 0.2) is 18.2 Å². The Morgan fingerprint density at radius 2 is 2.22 bits per heavy atom. The lowest BCUT2D eigenvalue weighted by molar-refractivity contribution is 0.0920. The van der Waals surface area contributed by atoms with E-state index in [2.05, 4.69) is 11.4 Å². The minimum Gasteiger partial charge on any atom is -0.496 e. The van der Waals surface area contributed by atoms with E-state index in [1.807, 2.05) is 19.9 Å². The topological polar surface area (TPSA) is 62.1 Å². The molecule has 1 aromatic rings. The van der Waals surface area contributed by atoms with E-state index in [0.29, 0.717) is 17.7 Å². The fourth-order valence-corrected chi connectivity index (χ4v) is 1.51. The summed E-state index contributed by atoms with van der Waals surface area (Å²) in [6.45, 7) is 5.46. The van der Waals surface area contributed by atoms with E-state index in [4.69, 9.17) is 10.00 Å². The average Bonchev–Trinajstić information content (AvgIpc) is 2.38. The number of hydrogen-bond acceptors (Lipinski definition) is 3. The Bertz CT molecular complexity index is 491. The molecule has 1 N–H and O–H groups in total. The van der Waals surface area contributed by atoms with Crippen molar-refractivity contribution in [2.75, 3.05) is 7.11 Å². The first-order valence-corrected chi connectivity index (χ1v) is 5.84. The van der Waals surface area contributed by atoms with Gasteiger partial charge in [-0.25, -0.2) is 0 Å². The Hall–Kier alpha value is -2.02. The second-order valence-corrected chi connectivity index (χ2v) is 4.46. The van der Waals surface area contributed by atoms with Crippen molar-refractivity contribution < 1.29 is 9.53 Å². The second-order valence-electron chi connectivity index (χ2n) is 4.46. The Morgan fingerprint density at radius 1 is 1.56 bits per heavy atom. The van der Waals surface area contributed by atoms with Gasteiger partial charge in [-0.15, -0.1) is 0 Å².